The van der Waals surface area contributed by atoms with Crippen LogP contribution in [0.3, 0.4) is 0 Å². The van der Waals surface area contributed by atoms with Crippen LogP contribution in [-0.2, 0) is 16.4 Å². The van der Waals surface area contributed by atoms with Crippen molar-refractivity contribution >= 4 is 32.4 Å². The maximum atomic E-state index is 11.9. The number of fused-ring (bicyclic) bond motifs is 3. The quantitative estimate of drug-likeness (QED) is 0.693. The fourth-order valence-electron chi connectivity index (χ4n) is 3.16. The van der Waals surface area contributed by atoms with Gasteiger partial charge in [0.1, 0.15) is 28.4 Å². The van der Waals surface area contributed by atoms with E-state index in [9.17, 15) is 8.42 Å². The Labute approximate surface area is 158 Å². The molecule has 2 heterocycles. The van der Waals surface area contributed by atoms with E-state index < -0.39 is 10.0 Å². The summed E-state index contributed by atoms with van der Waals surface area (Å²) in [5.41, 5.74) is 2.60. The van der Waals surface area contributed by atoms with Crippen molar-refractivity contribution in [2.75, 3.05) is 25.2 Å². The summed E-state index contributed by atoms with van der Waals surface area (Å²) in [6.45, 7) is 6.06. The highest BCUT2D eigenvalue weighted by Crippen LogP contribution is 2.35. The zero-order chi connectivity index (χ0) is 19.9. The lowest BCUT2D eigenvalue weighted by Crippen LogP contribution is -2.13. The number of benzene rings is 1. The van der Waals surface area contributed by atoms with Crippen LogP contribution in [0.1, 0.15) is 25.4 Å². The summed E-state index contributed by atoms with van der Waals surface area (Å²) in [5, 5.41) is 0. The first-order valence-electron chi connectivity index (χ1n) is 8.56. The van der Waals surface area contributed by atoms with Gasteiger partial charge in [-0.25, -0.2) is 18.4 Å². The first kappa shape index (κ1) is 19.2. The second kappa shape index (κ2) is 6.88. The molecule has 0 saturated heterocycles. The van der Waals surface area contributed by atoms with Gasteiger partial charge in [0.15, 0.2) is 5.82 Å². The number of nitrogens with one attached hydrogen (secondary N) is 1. The van der Waals surface area contributed by atoms with Crippen LogP contribution in [-0.4, -0.2) is 43.3 Å². The summed E-state index contributed by atoms with van der Waals surface area (Å²) in [6.07, 6.45) is 1.83. The molecule has 0 aliphatic heterocycles. The van der Waals surface area contributed by atoms with E-state index in [2.05, 4.69) is 28.5 Å². The second-order valence-corrected chi connectivity index (χ2v) is 8.68. The third-order valence-electron chi connectivity index (χ3n) is 4.17. The van der Waals surface area contributed by atoms with Crippen LogP contribution in [0.4, 0.5) is 5.82 Å². The number of imidazole rings is 1. The van der Waals surface area contributed by atoms with E-state index in [1.165, 1.54) is 7.11 Å². The van der Waals surface area contributed by atoms with Gasteiger partial charge in [-0.2, -0.15) is 0 Å². The Kier molecular flexibility index (Phi) is 4.90. The summed E-state index contributed by atoms with van der Waals surface area (Å²) in [4.78, 5) is 9.24. The molecule has 1 N–H and O–H groups in total. The molecule has 9 heteroatoms. The van der Waals surface area contributed by atoms with Crippen molar-refractivity contribution in [2.24, 2.45) is 5.92 Å². The Morgan fingerprint density at radius 1 is 1.19 bits per heavy atom. The lowest BCUT2D eigenvalue weighted by molar-refractivity contribution is 0.397. The van der Waals surface area contributed by atoms with Crippen molar-refractivity contribution in [2.45, 2.75) is 27.2 Å². The van der Waals surface area contributed by atoms with Gasteiger partial charge in [0.2, 0.25) is 10.0 Å². The lowest BCUT2D eigenvalue weighted by atomic mass is 10.1. The fourth-order valence-corrected chi connectivity index (χ4v) is 3.66. The molecule has 0 spiro atoms. The van der Waals surface area contributed by atoms with E-state index in [4.69, 9.17) is 9.47 Å². The minimum atomic E-state index is -3.52. The van der Waals surface area contributed by atoms with E-state index >= 15 is 0 Å². The van der Waals surface area contributed by atoms with Gasteiger partial charge in [0.05, 0.1) is 31.7 Å². The van der Waals surface area contributed by atoms with Gasteiger partial charge in [-0.05, 0) is 12.8 Å². The van der Waals surface area contributed by atoms with Gasteiger partial charge in [-0.1, -0.05) is 13.8 Å². The van der Waals surface area contributed by atoms with Crippen LogP contribution >= 0.6 is 0 Å². The SMILES string of the molecule is COc1cc(OC)c2nc(NS(C)(=O)=O)c3c(C)nc(CC(C)C)n3c2c1. The summed E-state index contributed by atoms with van der Waals surface area (Å²) in [5.74, 6) is 2.54. The number of rotatable bonds is 6. The molecule has 27 heavy (non-hydrogen) atoms. The van der Waals surface area contributed by atoms with Crippen molar-refractivity contribution in [3.8, 4) is 11.5 Å². The normalized spacial score (nSPS) is 12.1. The average Bonchev–Trinajstić information content (AvgIpc) is 2.89. The van der Waals surface area contributed by atoms with Gasteiger partial charge in [0.25, 0.3) is 0 Å². The molecular weight excluding hydrogens is 368 g/mol. The van der Waals surface area contributed by atoms with Gasteiger partial charge in [0, 0.05) is 18.6 Å². The molecule has 0 aliphatic carbocycles. The van der Waals surface area contributed by atoms with E-state index in [0.29, 0.717) is 34.1 Å². The molecule has 3 aromatic rings. The highest BCUT2D eigenvalue weighted by molar-refractivity contribution is 7.92. The number of ether oxygens (including phenoxy) is 2. The number of anilines is 1. The van der Waals surface area contributed by atoms with E-state index in [1.54, 1.807) is 13.2 Å². The van der Waals surface area contributed by atoms with Crippen LogP contribution < -0.4 is 14.2 Å². The Morgan fingerprint density at radius 3 is 2.44 bits per heavy atom. The predicted octanol–water partition coefficient (Wildman–Crippen LogP) is 2.78. The van der Waals surface area contributed by atoms with Crippen LogP contribution in [0, 0.1) is 12.8 Å². The van der Waals surface area contributed by atoms with Gasteiger partial charge < -0.3 is 9.47 Å². The molecule has 2 aromatic heterocycles. The van der Waals surface area contributed by atoms with Crippen molar-refractivity contribution < 1.29 is 17.9 Å². The molecule has 1 aromatic carbocycles. The zero-order valence-corrected chi connectivity index (χ0v) is 17.1. The third kappa shape index (κ3) is 3.64. The van der Waals surface area contributed by atoms with Crippen LogP contribution in [0.2, 0.25) is 0 Å². The van der Waals surface area contributed by atoms with E-state index in [1.807, 2.05) is 17.4 Å². The predicted molar refractivity (Wildman–Crippen MR) is 105 cm³/mol. The molecule has 0 bridgehead atoms. The first-order chi connectivity index (χ1) is 12.6. The average molecular weight is 392 g/mol. The number of hydrogen-bond donors (Lipinski definition) is 1. The van der Waals surface area contributed by atoms with Crippen LogP contribution in [0.25, 0.3) is 16.6 Å². The molecule has 146 valence electrons. The summed E-state index contributed by atoms with van der Waals surface area (Å²) in [7, 11) is -0.397. The minimum absolute atomic E-state index is 0.230. The number of aromatic nitrogens is 3. The summed E-state index contributed by atoms with van der Waals surface area (Å²) >= 11 is 0. The highest BCUT2D eigenvalue weighted by Gasteiger charge is 2.21. The van der Waals surface area contributed by atoms with E-state index in [-0.39, 0.29) is 5.82 Å². The van der Waals surface area contributed by atoms with Gasteiger partial charge in [-0.3, -0.25) is 9.12 Å². The summed E-state index contributed by atoms with van der Waals surface area (Å²) < 4.78 is 39.1. The molecule has 0 unspecified atom stereocenters. The molecule has 0 fully saturated rings. The maximum Gasteiger partial charge on any atom is 0.231 e. The molecule has 0 radical (unpaired) electrons. The number of methoxy groups -OCH3 is 2. The second-order valence-electron chi connectivity index (χ2n) is 6.93. The van der Waals surface area contributed by atoms with Crippen molar-refractivity contribution in [3.05, 3.63) is 23.7 Å². The topological polar surface area (TPSA) is 94.8 Å². The number of hydrogen-bond acceptors (Lipinski definition) is 6. The Hall–Kier alpha value is -2.55. The van der Waals surface area contributed by atoms with Crippen LogP contribution in [0.15, 0.2) is 12.1 Å². The fraction of sp³-hybridized carbons (Fsp3) is 0.444. The van der Waals surface area contributed by atoms with Gasteiger partial charge in [-0.15, -0.1) is 0 Å². The van der Waals surface area contributed by atoms with E-state index in [0.717, 1.165) is 24.0 Å². The molecule has 3 rings (SSSR count). The summed E-state index contributed by atoms with van der Waals surface area (Å²) in [6, 6.07) is 3.57. The van der Waals surface area contributed by atoms with Gasteiger partial charge >= 0.3 is 0 Å². The van der Waals surface area contributed by atoms with Crippen LogP contribution in [0.5, 0.6) is 11.5 Å². The number of aryl methyl sites for hydroxylation is 1. The number of sulfonamides is 1. The zero-order valence-electron chi connectivity index (χ0n) is 16.3. The minimum Gasteiger partial charge on any atom is -0.497 e. The Bertz CT molecular complexity index is 1120. The standard InChI is InChI=1S/C18H24N4O4S/c1-10(2)7-15-19-11(3)17-18(21-27(6,23)24)20-16-13(22(15)17)8-12(25-4)9-14(16)26-5/h8-10H,7H2,1-6H3,(H,20,21). The third-order valence-corrected chi connectivity index (χ3v) is 4.73. The Morgan fingerprint density at radius 2 is 1.89 bits per heavy atom. The molecule has 0 aliphatic rings. The molecular formula is C18H24N4O4S. The molecule has 0 saturated carbocycles. The molecule has 8 nitrogen and oxygen atoms in total. The lowest BCUT2D eigenvalue weighted by Gasteiger charge is -2.15. The van der Waals surface area contributed by atoms with Crippen molar-refractivity contribution in [3.63, 3.8) is 0 Å². The Balaban J connectivity index is 2.51. The number of nitrogens with zero attached hydrogens (tertiary/aromatic N) is 3. The maximum absolute atomic E-state index is 11.9. The molecule has 0 amide bonds. The van der Waals surface area contributed by atoms with Crippen molar-refractivity contribution in [1.29, 1.82) is 0 Å². The highest BCUT2D eigenvalue weighted by atomic mass is 32.2. The first-order valence-corrected chi connectivity index (χ1v) is 10.4. The largest absolute Gasteiger partial charge is 0.497 e. The smallest absolute Gasteiger partial charge is 0.231 e. The van der Waals surface area contributed by atoms with Crippen molar-refractivity contribution in [1.82, 2.24) is 14.4 Å². The molecule has 0 atom stereocenters. The monoisotopic (exact) mass is 392 g/mol.